The fourth-order valence-corrected chi connectivity index (χ4v) is 3.84. The maximum absolute atomic E-state index is 12.9. The van der Waals surface area contributed by atoms with Crippen LogP contribution in [0.25, 0.3) is 0 Å². The van der Waals surface area contributed by atoms with Crippen LogP contribution in [0.15, 0.2) is 24.3 Å². The van der Waals surface area contributed by atoms with E-state index in [1.807, 2.05) is 20.8 Å². The van der Waals surface area contributed by atoms with Gasteiger partial charge in [-0.25, -0.2) is 9.59 Å². The number of carbonyl (C=O) groups is 5. The monoisotopic (exact) mass is 606 g/mol. The number of hydrogen-bond acceptors (Lipinski definition) is 8. The van der Waals surface area contributed by atoms with E-state index in [0.29, 0.717) is 43.5 Å². The van der Waals surface area contributed by atoms with Crippen molar-refractivity contribution in [3.05, 3.63) is 29.8 Å². The van der Waals surface area contributed by atoms with Gasteiger partial charge in [0.2, 0.25) is 11.8 Å². The molecular formula is C30H50N6O7. The molecule has 0 fully saturated rings. The van der Waals surface area contributed by atoms with Crippen molar-refractivity contribution >= 4 is 35.6 Å². The summed E-state index contributed by atoms with van der Waals surface area (Å²) in [5.41, 5.74) is 10.6. The zero-order valence-corrected chi connectivity index (χ0v) is 26.3. The number of anilines is 1. The van der Waals surface area contributed by atoms with Crippen molar-refractivity contribution in [1.82, 2.24) is 21.5 Å². The molecule has 242 valence electrons. The minimum Gasteiger partial charge on any atom is -0.445 e. The number of unbranched alkanes of at least 4 members (excludes halogenated alkanes) is 2. The predicted octanol–water partition coefficient (Wildman–Crippen LogP) is 3.63. The van der Waals surface area contributed by atoms with Gasteiger partial charge in [-0.1, -0.05) is 45.7 Å². The van der Waals surface area contributed by atoms with Gasteiger partial charge in [0.05, 0.1) is 0 Å². The highest BCUT2D eigenvalue weighted by atomic mass is 16.6. The lowest BCUT2D eigenvalue weighted by atomic mass is 10.0. The number of nitrogens with two attached hydrogens (primary N) is 1. The number of nitrogens with one attached hydrogen (secondary N) is 5. The summed E-state index contributed by atoms with van der Waals surface area (Å²) in [5.74, 6) is -1.11. The maximum atomic E-state index is 12.9. The Balaban J connectivity index is 2.61. The smallest absolute Gasteiger partial charge is 0.408 e. The van der Waals surface area contributed by atoms with Gasteiger partial charge in [-0.15, -0.1) is 0 Å². The molecule has 0 bridgehead atoms. The number of ether oxygens (including phenoxy) is 2. The van der Waals surface area contributed by atoms with Crippen molar-refractivity contribution in [2.75, 3.05) is 11.9 Å². The van der Waals surface area contributed by atoms with Gasteiger partial charge in [-0.2, -0.15) is 0 Å². The molecule has 2 atom stereocenters. The first-order chi connectivity index (χ1) is 20.2. The van der Waals surface area contributed by atoms with Crippen LogP contribution < -0.4 is 32.5 Å². The molecule has 13 heteroatoms. The van der Waals surface area contributed by atoms with Crippen molar-refractivity contribution < 1.29 is 33.4 Å². The third-order valence-electron chi connectivity index (χ3n) is 5.92. The highest BCUT2D eigenvalue weighted by Crippen LogP contribution is 2.14. The molecule has 1 aromatic carbocycles. The number of amides is 5. The Labute approximate surface area is 254 Å². The Kier molecular flexibility index (Phi) is 16.7. The number of alkyl carbamates (subject to hydrolysis) is 2. The molecule has 1 aromatic rings. The number of hydrogen-bond donors (Lipinski definition) is 6. The van der Waals surface area contributed by atoms with Crippen LogP contribution in [-0.4, -0.2) is 54.1 Å². The lowest BCUT2D eigenvalue weighted by molar-refractivity contribution is -0.130. The van der Waals surface area contributed by atoms with Gasteiger partial charge in [-0.3, -0.25) is 25.2 Å². The maximum Gasteiger partial charge on any atom is 0.408 e. The van der Waals surface area contributed by atoms with Gasteiger partial charge in [0, 0.05) is 12.1 Å². The van der Waals surface area contributed by atoms with Gasteiger partial charge in [0.15, 0.2) is 0 Å². The Morgan fingerprint density at radius 2 is 1.51 bits per heavy atom. The topological polar surface area (TPSA) is 190 Å². The quantitative estimate of drug-likeness (QED) is 0.121. The lowest BCUT2D eigenvalue weighted by Crippen LogP contribution is -2.52. The molecule has 1 rings (SSSR count). The van der Waals surface area contributed by atoms with Crippen molar-refractivity contribution in [1.29, 1.82) is 0 Å². The summed E-state index contributed by atoms with van der Waals surface area (Å²) in [6.07, 6.45) is 2.51. The zero-order valence-electron chi connectivity index (χ0n) is 26.3. The standard InChI is InChI=1S/C30H50N6O7/c1-7-11-23(27(39)36-35-25(37)12-9-8-10-17-31)33-28(40)42-19-21-13-15-22(16-14-21)32-26(38)24(18-20(2)3)34-29(41)43-30(4,5)6/h13-16,20,23-24H,7-12,17-19,31H2,1-6H3,(H,32,38)(H,33,40)(H,34,41)(H,35,37)(H,36,39)/t23-,24+/m1/s1. The van der Waals surface area contributed by atoms with E-state index in [-0.39, 0.29) is 30.8 Å². The average molecular weight is 607 g/mol. The van der Waals surface area contributed by atoms with Crippen molar-refractivity contribution in [3.63, 3.8) is 0 Å². The largest absolute Gasteiger partial charge is 0.445 e. The summed E-state index contributed by atoms with van der Waals surface area (Å²) in [5, 5.41) is 7.95. The van der Waals surface area contributed by atoms with Crippen LogP contribution in [0, 0.1) is 5.92 Å². The van der Waals surface area contributed by atoms with Crippen molar-refractivity contribution in [2.24, 2.45) is 11.7 Å². The van der Waals surface area contributed by atoms with E-state index >= 15 is 0 Å². The molecule has 0 saturated carbocycles. The summed E-state index contributed by atoms with van der Waals surface area (Å²) in [6.45, 7) is 11.5. The number of benzene rings is 1. The molecule has 0 unspecified atom stereocenters. The van der Waals surface area contributed by atoms with Gasteiger partial charge in [0.1, 0.15) is 24.3 Å². The third-order valence-corrected chi connectivity index (χ3v) is 5.92. The average Bonchev–Trinajstić information content (AvgIpc) is 2.91. The van der Waals surface area contributed by atoms with Crippen LogP contribution in [0.4, 0.5) is 15.3 Å². The molecule has 0 aromatic heterocycles. The summed E-state index contributed by atoms with van der Waals surface area (Å²) in [6, 6.07) is 4.99. The number of carbonyl (C=O) groups excluding carboxylic acids is 5. The molecule has 13 nitrogen and oxygen atoms in total. The van der Waals surface area contributed by atoms with Crippen LogP contribution in [0.5, 0.6) is 0 Å². The van der Waals surface area contributed by atoms with E-state index in [0.717, 1.165) is 12.8 Å². The minimum atomic E-state index is -0.888. The molecule has 0 aliphatic carbocycles. The second kappa shape index (κ2) is 19.3. The van der Waals surface area contributed by atoms with Crippen LogP contribution in [0.2, 0.25) is 0 Å². The highest BCUT2D eigenvalue weighted by molar-refractivity contribution is 5.96. The summed E-state index contributed by atoms with van der Waals surface area (Å²) in [7, 11) is 0. The van der Waals surface area contributed by atoms with Gasteiger partial charge in [-0.05, 0) is 76.6 Å². The Morgan fingerprint density at radius 1 is 0.860 bits per heavy atom. The summed E-state index contributed by atoms with van der Waals surface area (Å²) in [4.78, 5) is 61.9. The molecular weight excluding hydrogens is 556 g/mol. The van der Waals surface area contributed by atoms with Crippen molar-refractivity contribution in [3.8, 4) is 0 Å². The fourth-order valence-electron chi connectivity index (χ4n) is 3.84. The Morgan fingerprint density at radius 3 is 2.09 bits per heavy atom. The third kappa shape index (κ3) is 17.0. The van der Waals surface area contributed by atoms with E-state index < -0.39 is 35.8 Å². The number of hydrazine groups is 1. The van der Waals surface area contributed by atoms with E-state index in [9.17, 15) is 24.0 Å². The van der Waals surface area contributed by atoms with Crippen LogP contribution in [0.3, 0.4) is 0 Å². The zero-order chi connectivity index (χ0) is 32.4. The predicted molar refractivity (Wildman–Crippen MR) is 164 cm³/mol. The first-order valence-corrected chi connectivity index (χ1v) is 14.8. The molecule has 0 aliphatic heterocycles. The van der Waals surface area contributed by atoms with E-state index in [4.69, 9.17) is 15.2 Å². The van der Waals surface area contributed by atoms with Crippen LogP contribution >= 0.6 is 0 Å². The van der Waals surface area contributed by atoms with Crippen LogP contribution in [-0.2, 0) is 30.5 Å². The molecule has 0 aliphatic rings. The molecule has 5 amide bonds. The van der Waals surface area contributed by atoms with Crippen molar-refractivity contribution in [2.45, 2.75) is 111 Å². The lowest BCUT2D eigenvalue weighted by Gasteiger charge is -2.24. The summed E-state index contributed by atoms with van der Waals surface area (Å²) < 4.78 is 10.6. The first kappa shape index (κ1) is 37.2. The summed E-state index contributed by atoms with van der Waals surface area (Å²) >= 11 is 0. The van der Waals surface area contributed by atoms with Crippen LogP contribution in [0.1, 0.15) is 92.1 Å². The second-order valence-corrected chi connectivity index (χ2v) is 11.7. The van der Waals surface area contributed by atoms with E-state index in [1.54, 1.807) is 45.0 Å². The molecule has 7 N–H and O–H groups in total. The second-order valence-electron chi connectivity index (χ2n) is 11.7. The number of rotatable bonds is 16. The molecule has 0 saturated heterocycles. The highest BCUT2D eigenvalue weighted by Gasteiger charge is 2.25. The van der Waals surface area contributed by atoms with E-state index in [1.165, 1.54) is 0 Å². The van der Waals surface area contributed by atoms with Gasteiger partial charge < -0.3 is 31.2 Å². The van der Waals surface area contributed by atoms with Gasteiger partial charge >= 0.3 is 12.2 Å². The van der Waals surface area contributed by atoms with Gasteiger partial charge in [0.25, 0.3) is 5.91 Å². The molecule has 43 heavy (non-hydrogen) atoms. The molecule has 0 radical (unpaired) electrons. The first-order valence-electron chi connectivity index (χ1n) is 14.8. The SMILES string of the molecule is CCC[C@@H](NC(=O)OCc1ccc(NC(=O)[C@H](CC(C)C)NC(=O)OC(C)(C)C)cc1)C(=O)NNC(=O)CCCCCN. The molecule has 0 spiro atoms. The Bertz CT molecular complexity index is 1040. The molecule has 0 heterocycles. The normalized spacial score (nSPS) is 12.5. The van der Waals surface area contributed by atoms with E-state index in [2.05, 4.69) is 26.8 Å². The fraction of sp³-hybridized carbons (Fsp3) is 0.633. The Hall–Kier alpha value is -3.87. The minimum absolute atomic E-state index is 0.0732.